The second-order valence-corrected chi connectivity index (χ2v) is 5.68. The second kappa shape index (κ2) is 10.7. The monoisotopic (exact) mass is 418 g/mol. The lowest BCUT2D eigenvalue weighted by atomic mass is 10.1. The highest BCUT2D eigenvalue weighted by molar-refractivity contribution is 14.0. The Bertz CT molecular complexity index is 472. The van der Waals surface area contributed by atoms with Gasteiger partial charge in [-0.05, 0) is 36.6 Å². The van der Waals surface area contributed by atoms with E-state index in [0.29, 0.717) is 0 Å². The van der Waals surface area contributed by atoms with Crippen molar-refractivity contribution >= 4 is 35.6 Å². The molecule has 0 saturated heterocycles. The normalized spacial score (nSPS) is 10.9. The molecule has 0 aliphatic rings. The number of nitrogens with zero attached hydrogens (tertiary/aromatic N) is 3. The zero-order chi connectivity index (χ0) is 15.8. The van der Waals surface area contributed by atoms with E-state index in [1.54, 1.807) is 0 Å². The van der Waals surface area contributed by atoms with Crippen LogP contribution in [-0.2, 0) is 6.54 Å². The third-order valence-electron chi connectivity index (χ3n) is 3.70. The van der Waals surface area contributed by atoms with Crippen molar-refractivity contribution in [2.75, 3.05) is 39.6 Å². The van der Waals surface area contributed by atoms with E-state index in [9.17, 15) is 0 Å². The van der Waals surface area contributed by atoms with Gasteiger partial charge >= 0.3 is 0 Å². The minimum absolute atomic E-state index is 0. The van der Waals surface area contributed by atoms with Crippen LogP contribution >= 0.6 is 24.0 Å². The van der Waals surface area contributed by atoms with Crippen molar-refractivity contribution in [3.05, 3.63) is 29.3 Å². The second-order valence-electron chi connectivity index (χ2n) is 5.68. The number of guanidine groups is 1. The molecule has 1 aromatic rings. The number of nitrogens with one attached hydrogen (secondary N) is 1. The number of benzene rings is 1. The summed E-state index contributed by atoms with van der Waals surface area (Å²) in [7, 11) is 8.06. The highest BCUT2D eigenvalue weighted by Gasteiger charge is 2.06. The van der Waals surface area contributed by atoms with Crippen molar-refractivity contribution in [1.82, 2.24) is 10.2 Å². The van der Waals surface area contributed by atoms with Gasteiger partial charge in [0.1, 0.15) is 0 Å². The predicted octanol–water partition coefficient (Wildman–Crippen LogP) is 3.49. The summed E-state index contributed by atoms with van der Waals surface area (Å²) in [6.45, 7) is 6.21. The number of rotatable bonds is 6. The zero-order valence-electron chi connectivity index (χ0n) is 14.8. The first-order valence-corrected chi connectivity index (χ1v) is 7.68. The Morgan fingerprint density at radius 2 is 1.91 bits per heavy atom. The molecule has 4 nitrogen and oxygen atoms in total. The lowest BCUT2D eigenvalue weighted by molar-refractivity contribution is 0.464. The average Bonchev–Trinajstić information content (AvgIpc) is 2.46. The predicted molar refractivity (Wildman–Crippen MR) is 109 cm³/mol. The van der Waals surface area contributed by atoms with Crippen molar-refractivity contribution in [1.29, 1.82) is 0 Å². The van der Waals surface area contributed by atoms with E-state index in [1.807, 2.05) is 7.05 Å². The van der Waals surface area contributed by atoms with Gasteiger partial charge in [0.25, 0.3) is 0 Å². The fraction of sp³-hybridized carbons (Fsp3) is 0.588. The van der Waals surface area contributed by atoms with Gasteiger partial charge in [-0.25, -0.2) is 0 Å². The Hall–Kier alpha value is -0.980. The Kier molecular flexibility index (Phi) is 10.2. The zero-order valence-corrected chi connectivity index (χ0v) is 17.1. The maximum Gasteiger partial charge on any atom is 0.193 e. The molecule has 22 heavy (non-hydrogen) atoms. The average molecular weight is 418 g/mol. The number of aryl methyl sites for hydroxylation is 1. The maximum absolute atomic E-state index is 4.35. The van der Waals surface area contributed by atoms with Crippen molar-refractivity contribution in [3.63, 3.8) is 0 Å². The first-order valence-electron chi connectivity index (χ1n) is 7.68. The summed E-state index contributed by atoms with van der Waals surface area (Å²) in [4.78, 5) is 8.67. The molecule has 0 saturated carbocycles. The van der Waals surface area contributed by atoms with E-state index < -0.39 is 0 Å². The summed E-state index contributed by atoms with van der Waals surface area (Å²) in [6, 6.07) is 6.57. The van der Waals surface area contributed by atoms with Crippen molar-refractivity contribution in [2.45, 2.75) is 33.2 Å². The molecule has 0 spiro atoms. The molecule has 0 unspecified atom stereocenters. The molecule has 0 atom stereocenters. The summed E-state index contributed by atoms with van der Waals surface area (Å²) in [6.07, 6.45) is 2.39. The molecule has 0 fully saturated rings. The summed E-state index contributed by atoms with van der Waals surface area (Å²) >= 11 is 0. The molecular formula is C17H31IN4. The fourth-order valence-corrected chi connectivity index (χ4v) is 2.22. The highest BCUT2D eigenvalue weighted by atomic mass is 127. The van der Waals surface area contributed by atoms with E-state index in [1.165, 1.54) is 29.7 Å². The van der Waals surface area contributed by atoms with E-state index in [0.717, 1.165) is 19.0 Å². The number of hydrogen-bond acceptors (Lipinski definition) is 2. The van der Waals surface area contributed by atoms with Gasteiger partial charge in [0, 0.05) is 47.0 Å². The lowest BCUT2D eigenvalue weighted by Gasteiger charge is -2.22. The van der Waals surface area contributed by atoms with Gasteiger partial charge in [-0.1, -0.05) is 19.4 Å². The Labute approximate surface area is 153 Å². The molecule has 1 rings (SSSR count). The molecule has 0 bridgehead atoms. The van der Waals surface area contributed by atoms with Crippen molar-refractivity contribution < 1.29 is 0 Å². The summed E-state index contributed by atoms with van der Waals surface area (Å²) in [5.74, 6) is 0.958. The lowest BCUT2D eigenvalue weighted by Crippen LogP contribution is -2.39. The molecular weight excluding hydrogens is 387 g/mol. The molecule has 0 amide bonds. The van der Waals surface area contributed by atoms with Gasteiger partial charge in [0.05, 0.1) is 0 Å². The molecule has 1 aromatic carbocycles. The molecule has 0 radical (unpaired) electrons. The molecule has 126 valence electrons. The minimum Gasteiger partial charge on any atom is -0.378 e. The quantitative estimate of drug-likeness (QED) is 0.436. The first-order chi connectivity index (χ1) is 9.99. The van der Waals surface area contributed by atoms with Crippen LogP contribution in [0.3, 0.4) is 0 Å². The van der Waals surface area contributed by atoms with Crippen LogP contribution in [0.15, 0.2) is 23.2 Å². The van der Waals surface area contributed by atoms with E-state index in [-0.39, 0.29) is 24.0 Å². The van der Waals surface area contributed by atoms with E-state index >= 15 is 0 Å². The van der Waals surface area contributed by atoms with Crippen LogP contribution in [0.25, 0.3) is 0 Å². The third kappa shape index (κ3) is 6.42. The molecule has 0 aromatic heterocycles. The Morgan fingerprint density at radius 1 is 1.23 bits per heavy atom. The van der Waals surface area contributed by atoms with Gasteiger partial charge in [-0.2, -0.15) is 0 Å². The maximum atomic E-state index is 4.35. The largest absolute Gasteiger partial charge is 0.378 e. The van der Waals surface area contributed by atoms with Gasteiger partial charge in [0.15, 0.2) is 5.96 Å². The van der Waals surface area contributed by atoms with Crippen molar-refractivity contribution in [3.8, 4) is 0 Å². The third-order valence-corrected chi connectivity index (χ3v) is 3.70. The standard InChI is InChI=1S/C17H30N4.HI/c1-7-8-11-21(6)17(18-3)19-13-15-9-10-16(20(4)5)12-14(15)2;/h9-10,12H,7-8,11,13H2,1-6H3,(H,18,19);1H. The van der Waals surface area contributed by atoms with Crippen LogP contribution in [0.5, 0.6) is 0 Å². The summed E-state index contributed by atoms with van der Waals surface area (Å²) in [5, 5.41) is 3.45. The SMILES string of the molecule is CCCCN(C)C(=NC)NCc1ccc(N(C)C)cc1C.I. The highest BCUT2D eigenvalue weighted by Crippen LogP contribution is 2.17. The van der Waals surface area contributed by atoms with E-state index in [2.05, 4.69) is 73.3 Å². The van der Waals surface area contributed by atoms with Crippen LogP contribution in [0.4, 0.5) is 5.69 Å². The van der Waals surface area contributed by atoms with Gasteiger partial charge in [0.2, 0.25) is 0 Å². The molecule has 0 heterocycles. The van der Waals surface area contributed by atoms with Crippen LogP contribution in [0, 0.1) is 6.92 Å². The van der Waals surface area contributed by atoms with Crippen molar-refractivity contribution in [2.24, 2.45) is 4.99 Å². The molecule has 5 heteroatoms. The molecule has 1 N–H and O–H groups in total. The molecule has 0 aliphatic carbocycles. The Balaban J connectivity index is 0.00000441. The topological polar surface area (TPSA) is 30.9 Å². The number of hydrogen-bond donors (Lipinski definition) is 1. The van der Waals surface area contributed by atoms with Crippen LogP contribution in [-0.4, -0.2) is 45.6 Å². The summed E-state index contributed by atoms with van der Waals surface area (Å²) in [5.41, 5.74) is 3.85. The number of unbranched alkanes of at least 4 members (excludes halogenated alkanes) is 1. The summed E-state index contributed by atoms with van der Waals surface area (Å²) < 4.78 is 0. The number of halogens is 1. The smallest absolute Gasteiger partial charge is 0.193 e. The first kappa shape index (κ1) is 21.0. The number of aliphatic imine (C=N–C) groups is 1. The molecule has 0 aliphatic heterocycles. The van der Waals surface area contributed by atoms with Gasteiger partial charge < -0.3 is 15.1 Å². The van der Waals surface area contributed by atoms with E-state index in [4.69, 9.17) is 0 Å². The van der Waals surface area contributed by atoms with Gasteiger partial charge in [-0.15, -0.1) is 24.0 Å². The van der Waals surface area contributed by atoms with Gasteiger partial charge in [-0.3, -0.25) is 4.99 Å². The fourth-order valence-electron chi connectivity index (χ4n) is 2.22. The van der Waals surface area contributed by atoms with Crippen LogP contribution in [0.1, 0.15) is 30.9 Å². The Morgan fingerprint density at radius 3 is 2.41 bits per heavy atom. The minimum atomic E-state index is 0. The van der Waals surface area contributed by atoms with Crippen LogP contribution in [0.2, 0.25) is 0 Å². The number of anilines is 1. The van der Waals surface area contributed by atoms with Crippen LogP contribution < -0.4 is 10.2 Å².